The van der Waals surface area contributed by atoms with E-state index >= 15 is 0 Å². The van der Waals surface area contributed by atoms with Crippen LogP contribution in [0, 0.1) is 6.92 Å². The molecule has 7 nitrogen and oxygen atoms in total. The van der Waals surface area contributed by atoms with E-state index in [-0.39, 0.29) is 17.9 Å². The second kappa shape index (κ2) is 14.5. The van der Waals surface area contributed by atoms with Crippen LogP contribution < -0.4 is 9.62 Å². The van der Waals surface area contributed by atoms with Crippen molar-refractivity contribution in [2.75, 3.05) is 23.7 Å². The molecule has 0 fully saturated rings. The maximum absolute atomic E-state index is 14.2. The number of aryl methyl sites for hydroxylation is 1. The van der Waals surface area contributed by atoms with E-state index in [1.165, 1.54) is 4.90 Å². The summed E-state index contributed by atoms with van der Waals surface area (Å²) in [6, 6.07) is 23.8. The van der Waals surface area contributed by atoms with E-state index in [0.29, 0.717) is 18.7 Å². The number of nitrogens with zero attached hydrogens (tertiary/aromatic N) is 2. The summed E-state index contributed by atoms with van der Waals surface area (Å²) in [5.41, 5.74) is 4.16. The lowest BCUT2D eigenvalue weighted by Gasteiger charge is -2.33. The van der Waals surface area contributed by atoms with E-state index in [9.17, 15) is 18.0 Å². The van der Waals surface area contributed by atoms with Crippen LogP contribution in [0.2, 0.25) is 0 Å². The maximum atomic E-state index is 14.2. The van der Waals surface area contributed by atoms with Crippen LogP contribution in [0.25, 0.3) is 0 Å². The van der Waals surface area contributed by atoms with Crippen molar-refractivity contribution in [2.24, 2.45) is 0 Å². The Balaban J connectivity index is 2.03. The molecule has 0 aliphatic carbocycles. The molecule has 0 bridgehead atoms. The Hall–Kier alpha value is -3.65. The second-order valence-corrected chi connectivity index (χ2v) is 13.8. The molecule has 1 N–H and O–H groups in total. The first-order valence-corrected chi connectivity index (χ1v) is 16.4. The molecule has 42 heavy (non-hydrogen) atoms. The van der Waals surface area contributed by atoms with E-state index in [2.05, 4.69) is 33.0 Å². The summed E-state index contributed by atoms with van der Waals surface area (Å²) in [5.74, 6) is -0.706. The highest BCUT2D eigenvalue weighted by molar-refractivity contribution is 7.92. The zero-order chi connectivity index (χ0) is 30.9. The van der Waals surface area contributed by atoms with E-state index < -0.39 is 28.5 Å². The lowest BCUT2D eigenvalue weighted by Crippen LogP contribution is -2.53. The van der Waals surface area contributed by atoms with Gasteiger partial charge in [-0.15, -0.1) is 0 Å². The fourth-order valence-electron chi connectivity index (χ4n) is 4.81. The zero-order valence-electron chi connectivity index (χ0n) is 25.8. The summed E-state index contributed by atoms with van der Waals surface area (Å²) in [5, 5.41) is 3.01. The Labute approximate surface area is 252 Å². The summed E-state index contributed by atoms with van der Waals surface area (Å²) in [4.78, 5) is 29.4. The van der Waals surface area contributed by atoms with Gasteiger partial charge in [-0.2, -0.15) is 0 Å². The molecule has 0 aliphatic heterocycles. The third kappa shape index (κ3) is 9.44. The van der Waals surface area contributed by atoms with E-state index in [1.54, 1.807) is 12.1 Å². The Bertz CT molecular complexity index is 1430. The van der Waals surface area contributed by atoms with Crippen LogP contribution in [0.4, 0.5) is 5.69 Å². The SMILES string of the molecule is CCCCNC(=O)C(Cc1ccccc1)N(Cc1cccc(C)c1)C(=O)CN(c1ccc(C(C)(C)C)cc1)S(C)(=O)=O. The first-order valence-electron chi connectivity index (χ1n) is 14.5. The van der Waals surface area contributed by atoms with Crippen molar-refractivity contribution in [3.05, 3.63) is 101 Å². The van der Waals surface area contributed by atoms with Gasteiger partial charge in [0.05, 0.1) is 11.9 Å². The van der Waals surface area contributed by atoms with E-state index in [1.807, 2.05) is 73.7 Å². The summed E-state index contributed by atoms with van der Waals surface area (Å²) in [6.45, 7) is 10.5. The molecule has 0 heterocycles. The third-order valence-electron chi connectivity index (χ3n) is 7.24. The van der Waals surface area contributed by atoms with Gasteiger partial charge in [0, 0.05) is 19.5 Å². The molecule has 3 rings (SSSR count). The van der Waals surface area contributed by atoms with Gasteiger partial charge in [-0.25, -0.2) is 8.42 Å². The minimum Gasteiger partial charge on any atom is -0.354 e. The van der Waals surface area contributed by atoms with Crippen molar-refractivity contribution in [3.8, 4) is 0 Å². The van der Waals surface area contributed by atoms with Gasteiger partial charge < -0.3 is 10.2 Å². The molecular formula is C34H45N3O4S. The van der Waals surface area contributed by atoms with Crippen molar-refractivity contribution >= 4 is 27.5 Å². The molecule has 3 aromatic rings. The average molecular weight is 592 g/mol. The third-order valence-corrected chi connectivity index (χ3v) is 8.38. The summed E-state index contributed by atoms with van der Waals surface area (Å²) in [6.07, 6.45) is 3.15. The molecule has 0 aliphatic rings. The maximum Gasteiger partial charge on any atom is 0.244 e. The Morgan fingerprint density at radius 3 is 2.12 bits per heavy atom. The molecule has 0 aromatic heterocycles. The quantitative estimate of drug-likeness (QED) is 0.262. The smallest absolute Gasteiger partial charge is 0.244 e. The molecule has 1 atom stereocenters. The van der Waals surface area contributed by atoms with Crippen molar-refractivity contribution < 1.29 is 18.0 Å². The van der Waals surface area contributed by atoms with Gasteiger partial charge in [0.15, 0.2) is 0 Å². The highest BCUT2D eigenvalue weighted by atomic mass is 32.2. The summed E-state index contributed by atoms with van der Waals surface area (Å²) < 4.78 is 27.2. The van der Waals surface area contributed by atoms with Gasteiger partial charge in [-0.3, -0.25) is 13.9 Å². The monoisotopic (exact) mass is 591 g/mol. The highest BCUT2D eigenvalue weighted by Crippen LogP contribution is 2.26. The first kappa shape index (κ1) is 32.9. The lowest BCUT2D eigenvalue weighted by atomic mass is 9.87. The van der Waals surface area contributed by atoms with Gasteiger partial charge >= 0.3 is 0 Å². The minimum absolute atomic E-state index is 0.106. The number of hydrogen-bond acceptors (Lipinski definition) is 4. The molecular weight excluding hydrogens is 546 g/mol. The Kier molecular flexibility index (Phi) is 11.3. The van der Waals surface area contributed by atoms with Crippen LogP contribution in [-0.4, -0.2) is 50.5 Å². The number of rotatable bonds is 13. The van der Waals surface area contributed by atoms with Crippen LogP contribution in [-0.2, 0) is 38.0 Å². The molecule has 0 saturated carbocycles. The normalized spacial score (nSPS) is 12.4. The first-order chi connectivity index (χ1) is 19.8. The van der Waals surface area contributed by atoms with Gasteiger partial charge in [0.2, 0.25) is 21.8 Å². The predicted molar refractivity (Wildman–Crippen MR) is 171 cm³/mol. The molecule has 8 heteroatoms. The van der Waals surface area contributed by atoms with Gasteiger partial charge in [-0.05, 0) is 47.6 Å². The lowest BCUT2D eigenvalue weighted by molar-refractivity contribution is -0.140. The molecule has 1 unspecified atom stereocenters. The van der Waals surface area contributed by atoms with Crippen molar-refractivity contribution in [2.45, 2.75) is 71.9 Å². The number of amides is 2. The number of hydrogen-bond donors (Lipinski definition) is 1. The fraction of sp³-hybridized carbons (Fsp3) is 0.412. The van der Waals surface area contributed by atoms with E-state index in [0.717, 1.165) is 45.7 Å². The number of anilines is 1. The van der Waals surface area contributed by atoms with Gasteiger partial charge in [0.25, 0.3) is 0 Å². The molecule has 0 spiro atoms. The van der Waals surface area contributed by atoms with Crippen molar-refractivity contribution in [1.29, 1.82) is 0 Å². The average Bonchev–Trinajstić information content (AvgIpc) is 2.93. The summed E-state index contributed by atoms with van der Waals surface area (Å²) in [7, 11) is -3.81. The van der Waals surface area contributed by atoms with Crippen LogP contribution in [0.5, 0.6) is 0 Å². The van der Waals surface area contributed by atoms with Crippen molar-refractivity contribution in [3.63, 3.8) is 0 Å². The topological polar surface area (TPSA) is 86.8 Å². The van der Waals surface area contributed by atoms with Crippen LogP contribution in [0.1, 0.15) is 62.8 Å². The number of nitrogens with one attached hydrogen (secondary N) is 1. The molecule has 226 valence electrons. The zero-order valence-corrected chi connectivity index (χ0v) is 26.6. The summed E-state index contributed by atoms with van der Waals surface area (Å²) >= 11 is 0. The highest BCUT2D eigenvalue weighted by Gasteiger charge is 2.33. The van der Waals surface area contributed by atoms with Gasteiger partial charge in [0.1, 0.15) is 12.6 Å². The standard InChI is InChI=1S/C34H45N3O4S/c1-7-8-21-35-33(39)31(23-27-14-10-9-11-15-27)36(24-28-16-12-13-26(2)22-28)32(38)25-37(42(6,40)41)30-19-17-29(18-20-30)34(3,4)5/h9-20,22,31H,7-8,21,23-25H2,1-6H3,(H,35,39). The Morgan fingerprint density at radius 2 is 1.55 bits per heavy atom. The number of sulfonamides is 1. The number of carbonyl (C=O) groups excluding carboxylic acids is 2. The number of unbranched alkanes of at least 4 members (excludes halogenated alkanes) is 1. The predicted octanol–water partition coefficient (Wildman–Crippen LogP) is 5.61. The molecule has 0 radical (unpaired) electrons. The number of carbonyl (C=O) groups is 2. The van der Waals surface area contributed by atoms with Gasteiger partial charge in [-0.1, -0.05) is 106 Å². The van der Waals surface area contributed by atoms with Crippen LogP contribution in [0.3, 0.4) is 0 Å². The minimum atomic E-state index is -3.81. The number of benzene rings is 3. The van der Waals surface area contributed by atoms with Crippen molar-refractivity contribution in [1.82, 2.24) is 10.2 Å². The molecule has 0 saturated heterocycles. The fourth-order valence-corrected chi connectivity index (χ4v) is 5.66. The van der Waals surface area contributed by atoms with Crippen LogP contribution in [0.15, 0.2) is 78.9 Å². The largest absolute Gasteiger partial charge is 0.354 e. The molecule has 3 aromatic carbocycles. The van der Waals surface area contributed by atoms with Crippen LogP contribution >= 0.6 is 0 Å². The molecule has 2 amide bonds. The Morgan fingerprint density at radius 1 is 0.905 bits per heavy atom. The van der Waals surface area contributed by atoms with E-state index in [4.69, 9.17) is 0 Å². The second-order valence-electron chi connectivity index (χ2n) is 11.9.